The van der Waals surface area contributed by atoms with E-state index in [1.165, 1.54) is 6.92 Å². The number of ether oxygens (including phenoxy) is 1. The predicted molar refractivity (Wildman–Crippen MR) is 53.7 cm³/mol. The Hall–Kier alpha value is -1.32. The second kappa shape index (κ2) is 7.12. The zero-order valence-corrected chi connectivity index (χ0v) is 8.71. The van der Waals surface area contributed by atoms with Crippen LogP contribution in [0.1, 0.15) is 26.7 Å². The fourth-order valence-electron chi connectivity index (χ4n) is 0.808. The third-order valence-electron chi connectivity index (χ3n) is 1.66. The number of rotatable bonds is 6. The average molecular weight is 199 g/mol. The Balaban J connectivity index is 3.75. The Bertz CT molecular complexity index is 213. The van der Waals surface area contributed by atoms with Crippen LogP contribution in [0.3, 0.4) is 0 Å². The van der Waals surface area contributed by atoms with Crippen molar-refractivity contribution in [1.29, 1.82) is 0 Å². The standard InChI is InChI=1S/C10H17NO3/c1-4-6-7-11-10(13)8(3)14-9(12)5-2/h5,8H,2,4,6-7H2,1,3H3,(H,11,13). The summed E-state index contributed by atoms with van der Waals surface area (Å²) in [5, 5.41) is 2.66. The summed E-state index contributed by atoms with van der Waals surface area (Å²) in [4.78, 5) is 22.0. The van der Waals surface area contributed by atoms with Crippen molar-refractivity contribution in [3.8, 4) is 0 Å². The van der Waals surface area contributed by atoms with E-state index in [0.29, 0.717) is 6.54 Å². The van der Waals surface area contributed by atoms with Gasteiger partial charge in [0.1, 0.15) is 0 Å². The maximum Gasteiger partial charge on any atom is 0.330 e. The molecule has 0 aromatic carbocycles. The van der Waals surface area contributed by atoms with Crippen molar-refractivity contribution < 1.29 is 14.3 Å². The number of nitrogens with one attached hydrogen (secondary N) is 1. The molecule has 0 aliphatic carbocycles. The molecule has 0 rings (SSSR count). The lowest BCUT2D eigenvalue weighted by Gasteiger charge is -2.11. The second-order valence-corrected chi connectivity index (χ2v) is 2.93. The molecule has 80 valence electrons. The molecule has 0 aromatic heterocycles. The summed E-state index contributed by atoms with van der Waals surface area (Å²) in [5.74, 6) is -0.850. The van der Waals surface area contributed by atoms with Gasteiger partial charge in [-0.05, 0) is 13.3 Å². The quantitative estimate of drug-likeness (QED) is 0.395. The molecule has 1 atom stereocenters. The molecular weight excluding hydrogens is 182 g/mol. The van der Waals surface area contributed by atoms with Crippen molar-refractivity contribution in [1.82, 2.24) is 5.32 Å². The largest absolute Gasteiger partial charge is 0.449 e. The van der Waals surface area contributed by atoms with Gasteiger partial charge in [-0.2, -0.15) is 0 Å². The SMILES string of the molecule is C=CC(=O)OC(C)C(=O)NCCCC. The average Bonchev–Trinajstić information content (AvgIpc) is 2.17. The van der Waals surface area contributed by atoms with Crippen LogP contribution in [-0.2, 0) is 14.3 Å². The van der Waals surface area contributed by atoms with E-state index in [-0.39, 0.29) is 5.91 Å². The van der Waals surface area contributed by atoms with E-state index in [9.17, 15) is 9.59 Å². The van der Waals surface area contributed by atoms with E-state index in [1.807, 2.05) is 6.92 Å². The van der Waals surface area contributed by atoms with Crippen LogP contribution < -0.4 is 5.32 Å². The van der Waals surface area contributed by atoms with Crippen molar-refractivity contribution in [2.75, 3.05) is 6.54 Å². The first-order chi connectivity index (χ1) is 6.61. The van der Waals surface area contributed by atoms with Gasteiger partial charge in [0.15, 0.2) is 6.10 Å². The predicted octanol–water partition coefficient (Wildman–Crippen LogP) is 1.02. The fourth-order valence-corrected chi connectivity index (χ4v) is 0.808. The summed E-state index contributed by atoms with van der Waals surface area (Å²) >= 11 is 0. The molecule has 4 nitrogen and oxygen atoms in total. The molecule has 0 radical (unpaired) electrons. The molecule has 0 aliphatic heterocycles. The third kappa shape index (κ3) is 5.35. The molecule has 4 heteroatoms. The molecule has 0 saturated heterocycles. The first-order valence-electron chi connectivity index (χ1n) is 4.72. The molecule has 0 saturated carbocycles. The van der Waals surface area contributed by atoms with Gasteiger partial charge < -0.3 is 10.1 Å². The van der Waals surface area contributed by atoms with E-state index in [4.69, 9.17) is 4.74 Å². The van der Waals surface area contributed by atoms with Gasteiger partial charge in [-0.3, -0.25) is 4.79 Å². The van der Waals surface area contributed by atoms with Crippen molar-refractivity contribution in [3.63, 3.8) is 0 Å². The van der Waals surface area contributed by atoms with E-state index >= 15 is 0 Å². The van der Waals surface area contributed by atoms with Gasteiger partial charge in [0.05, 0.1) is 0 Å². The Morgan fingerprint density at radius 3 is 2.71 bits per heavy atom. The first-order valence-corrected chi connectivity index (χ1v) is 4.72. The zero-order valence-electron chi connectivity index (χ0n) is 8.71. The Morgan fingerprint density at radius 2 is 2.21 bits per heavy atom. The van der Waals surface area contributed by atoms with E-state index in [0.717, 1.165) is 18.9 Å². The minimum absolute atomic E-state index is 0.270. The molecular formula is C10H17NO3. The Kier molecular flexibility index (Phi) is 6.45. The van der Waals surface area contributed by atoms with Crippen LogP contribution in [0.4, 0.5) is 0 Å². The van der Waals surface area contributed by atoms with Crippen molar-refractivity contribution in [3.05, 3.63) is 12.7 Å². The van der Waals surface area contributed by atoms with Gasteiger partial charge >= 0.3 is 5.97 Å². The first kappa shape index (κ1) is 12.7. The van der Waals surface area contributed by atoms with Crippen LogP contribution in [0.15, 0.2) is 12.7 Å². The van der Waals surface area contributed by atoms with Crippen LogP contribution >= 0.6 is 0 Å². The van der Waals surface area contributed by atoms with Gasteiger partial charge in [-0.1, -0.05) is 19.9 Å². The van der Waals surface area contributed by atoms with Gasteiger partial charge in [0.2, 0.25) is 0 Å². The number of esters is 1. The lowest BCUT2D eigenvalue weighted by molar-refractivity contribution is -0.150. The molecule has 0 bridgehead atoms. The number of unbranched alkanes of at least 4 members (excludes halogenated alkanes) is 1. The normalized spacial score (nSPS) is 11.6. The van der Waals surface area contributed by atoms with Gasteiger partial charge in [0, 0.05) is 12.6 Å². The Morgan fingerprint density at radius 1 is 1.57 bits per heavy atom. The van der Waals surface area contributed by atoms with Crippen molar-refractivity contribution in [2.45, 2.75) is 32.8 Å². The number of hydrogen-bond acceptors (Lipinski definition) is 3. The highest BCUT2D eigenvalue weighted by molar-refractivity contribution is 5.86. The lowest BCUT2D eigenvalue weighted by atomic mass is 10.3. The fraction of sp³-hybridized carbons (Fsp3) is 0.600. The highest BCUT2D eigenvalue weighted by Gasteiger charge is 2.14. The molecule has 0 aliphatic rings. The highest BCUT2D eigenvalue weighted by atomic mass is 16.5. The Labute approximate surface area is 84.3 Å². The molecule has 0 spiro atoms. The number of carbonyl (C=O) groups excluding carboxylic acids is 2. The molecule has 14 heavy (non-hydrogen) atoms. The molecule has 0 heterocycles. The summed E-state index contributed by atoms with van der Waals surface area (Å²) in [5.41, 5.74) is 0. The molecule has 1 N–H and O–H groups in total. The van der Waals surface area contributed by atoms with Crippen LogP contribution in [-0.4, -0.2) is 24.5 Å². The minimum Gasteiger partial charge on any atom is -0.449 e. The van der Waals surface area contributed by atoms with Crippen LogP contribution in [0.5, 0.6) is 0 Å². The zero-order chi connectivity index (χ0) is 11.0. The highest BCUT2D eigenvalue weighted by Crippen LogP contribution is 1.93. The maximum atomic E-state index is 11.2. The molecule has 0 aromatic rings. The molecule has 1 amide bonds. The summed E-state index contributed by atoms with van der Waals surface area (Å²) in [6.07, 6.45) is 2.22. The summed E-state index contributed by atoms with van der Waals surface area (Å²) in [6, 6.07) is 0. The van der Waals surface area contributed by atoms with Gasteiger partial charge in [-0.15, -0.1) is 0 Å². The topological polar surface area (TPSA) is 55.4 Å². The van der Waals surface area contributed by atoms with E-state index < -0.39 is 12.1 Å². The van der Waals surface area contributed by atoms with Crippen LogP contribution in [0, 0.1) is 0 Å². The monoisotopic (exact) mass is 199 g/mol. The maximum absolute atomic E-state index is 11.2. The summed E-state index contributed by atoms with van der Waals surface area (Å²) < 4.78 is 4.72. The number of carbonyl (C=O) groups is 2. The third-order valence-corrected chi connectivity index (χ3v) is 1.66. The second-order valence-electron chi connectivity index (χ2n) is 2.93. The molecule has 0 fully saturated rings. The summed E-state index contributed by atoms with van der Waals surface area (Å²) in [6.45, 7) is 7.42. The number of amides is 1. The van der Waals surface area contributed by atoms with Gasteiger partial charge in [-0.25, -0.2) is 4.79 Å². The van der Waals surface area contributed by atoms with E-state index in [2.05, 4.69) is 11.9 Å². The molecule has 1 unspecified atom stereocenters. The number of hydrogen-bond donors (Lipinski definition) is 1. The van der Waals surface area contributed by atoms with Gasteiger partial charge in [0.25, 0.3) is 5.91 Å². The smallest absolute Gasteiger partial charge is 0.330 e. The van der Waals surface area contributed by atoms with Crippen molar-refractivity contribution >= 4 is 11.9 Å². The van der Waals surface area contributed by atoms with Crippen LogP contribution in [0.25, 0.3) is 0 Å². The van der Waals surface area contributed by atoms with Crippen molar-refractivity contribution in [2.24, 2.45) is 0 Å². The van der Waals surface area contributed by atoms with Crippen LogP contribution in [0.2, 0.25) is 0 Å². The summed E-state index contributed by atoms with van der Waals surface area (Å²) in [7, 11) is 0. The lowest BCUT2D eigenvalue weighted by Crippen LogP contribution is -2.36. The minimum atomic E-state index is -0.752. The van der Waals surface area contributed by atoms with E-state index in [1.54, 1.807) is 0 Å².